The van der Waals surface area contributed by atoms with Gasteiger partial charge in [-0.3, -0.25) is 0 Å². The fourth-order valence-corrected chi connectivity index (χ4v) is 3.04. The summed E-state index contributed by atoms with van der Waals surface area (Å²) in [4.78, 5) is 21.2. The van der Waals surface area contributed by atoms with Crippen molar-refractivity contribution in [2.75, 3.05) is 38.5 Å². The minimum atomic E-state index is -0.0414. The van der Waals surface area contributed by atoms with E-state index in [0.717, 1.165) is 48.8 Å². The zero-order valence-electron chi connectivity index (χ0n) is 14.2. The lowest BCUT2D eigenvalue weighted by Gasteiger charge is -2.32. The van der Waals surface area contributed by atoms with E-state index in [2.05, 4.69) is 22.2 Å². The Kier molecular flexibility index (Phi) is 4.11. The quantitative estimate of drug-likeness (QED) is 0.783. The lowest BCUT2D eigenvalue weighted by atomic mass is 10.1. The van der Waals surface area contributed by atoms with E-state index in [1.54, 1.807) is 0 Å². The van der Waals surface area contributed by atoms with E-state index in [1.807, 2.05) is 64.2 Å². The summed E-state index contributed by atoms with van der Waals surface area (Å²) in [5.74, 6) is 0. The van der Waals surface area contributed by atoms with Crippen LogP contribution in [0.25, 0.3) is 16.9 Å². The number of amides is 2. The Morgan fingerprint density at radius 1 is 1.08 bits per heavy atom. The molecule has 0 atom stereocenters. The van der Waals surface area contributed by atoms with E-state index >= 15 is 0 Å². The molecule has 1 aliphatic heterocycles. The molecule has 3 heterocycles. The van der Waals surface area contributed by atoms with Crippen molar-refractivity contribution in [3.05, 3.63) is 54.9 Å². The first kappa shape index (κ1) is 15.7. The largest absolute Gasteiger partial charge is 0.322 e. The van der Waals surface area contributed by atoms with E-state index in [1.165, 1.54) is 0 Å². The topological polar surface area (TPSA) is 52.9 Å². The highest BCUT2D eigenvalue weighted by molar-refractivity contribution is 5.90. The van der Waals surface area contributed by atoms with Gasteiger partial charge in [-0.25, -0.2) is 9.78 Å². The minimum absolute atomic E-state index is 0.0414. The highest BCUT2D eigenvalue weighted by atomic mass is 16.2. The van der Waals surface area contributed by atoms with Crippen molar-refractivity contribution in [1.82, 2.24) is 19.2 Å². The van der Waals surface area contributed by atoms with Gasteiger partial charge in [-0.1, -0.05) is 18.2 Å². The van der Waals surface area contributed by atoms with Crippen molar-refractivity contribution in [3.8, 4) is 11.3 Å². The molecule has 2 amide bonds. The number of carbonyl (C=O) groups is 1. The lowest BCUT2D eigenvalue weighted by molar-refractivity contribution is 0.164. The average Bonchev–Trinajstić information content (AvgIpc) is 3.07. The molecule has 2 aromatic heterocycles. The van der Waals surface area contributed by atoms with Crippen molar-refractivity contribution in [1.29, 1.82) is 0 Å². The molecule has 0 bridgehead atoms. The van der Waals surface area contributed by atoms with E-state index in [0.29, 0.717) is 0 Å². The first-order valence-electron chi connectivity index (χ1n) is 8.48. The van der Waals surface area contributed by atoms with Gasteiger partial charge in [0.05, 0.1) is 5.69 Å². The van der Waals surface area contributed by atoms with Crippen LogP contribution in [0.5, 0.6) is 0 Å². The molecule has 1 aliphatic rings. The van der Waals surface area contributed by atoms with E-state index in [9.17, 15) is 4.79 Å². The molecule has 0 radical (unpaired) electrons. The molecule has 4 rings (SSSR count). The molecule has 1 N–H and O–H groups in total. The summed E-state index contributed by atoms with van der Waals surface area (Å²) in [6.45, 7) is 3.34. The van der Waals surface area contributed by atoms with Crippen LogP contribution in [0.3, 0.4) is 0 Å². The summed E-state index contributed by atoms with van der Waals surface area (Å²) in [5.41, 5.74) is 3.57. The molecular formula is C19H21N5O. The van der Waals surface area contributed by atoms with Crippen molar-refractivity contribution < 1.29 is 4.79 Å². The zero-order valence-corrected chi connectivity index (χ0v) is 14.2. The van der Waals surface area contributed by atoms with Gasteiger partial charge in [0.2, 0.25) is 0 Å². The number of likely N-dealkylation sites (N-methyl/N-ethyl adjacent to an activating group) is 1. The molecule has 0 saturated carbocycles. The summed E-state index contributed by atoms with van der Waals surface area (Å²) in [5, 5.41) is 3.00. The monoisotopic (exact) mass is 335 g/mol. The fourth-order valence-electron chi connectivity index (χ4n) is 3.04. The number of pyridine rings is 1. The first-order valence-corrected chi connectivity index (χ1v) is 8.48. The summed E-state index contributed by atoms with van der Waals surface area (Å²) in [7, 11) is 2.08. The zero-order chi connectivity index (χ0) is 17.2. The Morgan fingerprint density at radius 3 is 2.72 bits per heavy atom. The van der Waals surface area contributed by atoms with Crippen LogP contribution in [0.4, 0.5) is 10.5 Å². The first-order chi connectivity index (χ1) is 12.2. The highest BCUT2D eigenvalue weighted by Crippen LogP contribution is 2.22. The lowest BCUT2D eigenvalue weighted by Crippen LogP contribution is -2.48. The maximum absolute atomic E-state index is 12.4. The minimum Gasteiger partial charge on any atom is -0.322 e. The number of aromatic nitrogens is 2. The maximum atomic E-state index is 12.4. The van der Waals surface area contributed by atoms with Crippen LogP contribution in [-0.2, 0) is 0 Å². The summed E-state index contributed by atoms with van der Waals surface area (Å²) in [6, 6.07) is 13.7. The van der Waals surface area contributed by atoms with Crippen molar-refractivity contribution >= 4 is 17.4 Å². The number of hydrogen-bond donors (Lipinski definition) is 1. The number of rotatable bonds is 2. The van der Waals surface area contributed by atoms with Gasteiger partial charge < -0.3 is 19.5 Å². The van der Waals surface area contributed by atoms with Gasteiger partial charge >= 0.3 is 6.03 Å². The van der Waals surface area contributed by atoms with Gasteiger partial charge in [-0.05, 0) is 31.3 Å². The predicted octanol–water partition coefficient (Wildman–Crippen LogP) is 2.78. The van der Waals surface area contributed by atoms with Gasteiger partial charge in [0.25, 0.3) is 0 Å². The average molecular weight is 335 g/mol. The standard InChI is InChI=1S/C19H21N5O/c1-22-9-11-23(12-10-22)19(25)20-16-6-4-5-15(13-16)17-14-24-8-3-2-7-18(24)21-17/h2-8,13-14H,9-12H2,1H3,(H,20,25). The Balaban J connectivity index is 1.52. The number of imidazole rings is 1. The number of nitrogens with one attached hydrogen (secondary N) is 1. The molecule has 0 aliphatic carbocycles. The van der Waals surface area contributed by atoms with Crippen molar-refractivity contribution in [3.63, 3.8) is 0 Å². The number of fused-ring (bicyclic) bond motifs is 1. The van der Waals surface area contributed by atoms with Crippen molar-refractivity contribution in [2.45, 2.75) is 0 Å². The molecule has 6 heteroatoms. The Labute approximate surface area is 146 Å². The summed E-state index contributed by atoms with van der Waals surface area (Å²) >= 11 is 0. The van der Waals surface area contributed by atoms with Gasteiger partial charge in [0, 0.05) is 49.8 Å². The molecule has 1 aromatic carbocycles. The summed E-state index contributed by atoms with van der Waals surface area (Å²) in [6.07, 6.45) is 3.97. The predicted molar refractivity (Wildman–Crippen MR) is 98.7 cm³/mol. The number of anilines is 1. The fraction of sp³-hybridized carbons (Fsp3) is 0.263. The molecule has 0 unspecified atom stereocenters. The van der Waals surface area contributed by atoms with Crippen LogP contribution < -0.4 is 5.32 Å². The van der Waals surface area contributed by atoms with Crippen LogP contribution >= 0.6 is 0 Å². The van der Waals surface area contributed by atoms with Crippen LogP contribution in [-0.4, -0.2) is 58.4 Å². The van der Waals surface area contributed by atoms with Crippen LogP contribution in [0, 0.1) is 0 Å². The smallest absolute Gasteiger partial charge is 0.321 e. The number of piperazine rings is 1. The number of nitrogens with zero attached hydrogens (tertiary/aromatic N) is 4. The number of urea groups is 1. The van der Waals surface area contributed by atoms with Crippen LogP contribution in [0.15, 0.2) is 54.9 Å². The third kappa shape index (κ3) is 3.34. The van der Waals surface area contributed by atoms with Crippen LogP contribution in [0.2, 0.25) is 0 Å². The highest BCUT2D eigenvalue weighted by Gasteiger charge is 2.19. The number of benzene rings is 1. The molecule has 6 nitrogen and oxygen atoms in total. The van der Waals surface area contributed by atoms with E-state index in [4.69, 9.17) is 0 Å². The summed E-state index contributed by atoms with van der Waals surface area (Å²) < 4.78 is 1.99. The molecule has 1 saturated heterocycles. The van der Waals surface area contributed by atoms with Crippen molar-refractivity contribution in [2.24, 2.45) is 0 Å². The maximum Gasteiger partial charge on any atom is 0.321 e. The Bertz CT molecular complexity index is 862. The normalized spacial score (nSPS) is 15.5. The van der Waals surface area contributed by atoms with Gasteiger partial charge in [-0.15, -0.1) is 0 Å². The molecule has 25 heavy (non-hydrogen) atoms. The third-order valence-electron chi connectivity index (χ3n) is 4.56. The molecular weight excluding hydrogens is 314 g/mol. The second-order valence-corrected chi connectivity index (χ2v) is 6.39. The third-order valence-corrected chi connectivity index (χ3v) is 4.56. The van der Waals surface area contributed by atoms with Gasteiger partial charge in [0.1, 0.15) is 5.65 Å². The van der Waals surface area contributed by atoms with Gasteiger partial charge in [0.15, 0.2) is 0 Å². The number of carbonyl (C=O) groups excluding carboxylic acids is 1. The number of hydrogen-bond acceptors (Lipinski definition) is 3. The van der Waals surface area contributed by atoms with E-state index in [-0.39, 0.29) is 6.03 Å². The van der Waals surface area contributed by atoms with Gasteiger partial charge in [-0.2, -0.15) is 0 Å². The molecule has 128 valence electrons. The molecule has 0 spiro atoms. The Hall–Kier alpha value is -2.86. The molecule has 1 fully saturated rings. The molecule has 3 aromatic rings. The van der Waals surface area contributed by atoms with Crippen LogP contribution in [0.1, 0.15) is 0 Å². The van der Waals surface area contributed by atoms with E-state index < -0.39 is 0 Å². The SMILES string of the molecule is CN1CCN(C(=O)Nc2cccc(-c3cn4ccccc4n3)c2)CC1. The second-order valence-electron chi connectivity index (χ2n) is 6.39. The Morgan fingerprint density at radius 2 is 1.92 bits per heavy atom. The second kappa shape index (κ2) is 6.57.